The van der Waals surface area contributed by atoms with E-state index in [1.54, 1.807) is 19.4 Å². The van der Waals surface area contributed by atoms with E-state index < -0.39 is 24.4 Å². The van der Waals surface area contributed by atoms with E-state index in [1.807, 2.05) is 40.1 Å². The zero-order valence-electron chi connectivity index (χ0n) is 18.0. The molecule has 8 nitrogen and oxygen atoms in total. The summed E-state index contributed by atoms with van der Waals surface area (Å²) >= 11 is 0. The number of likely N-dealkylation sites (N-methyl/N-ethyl adjacent to an activating group) is 1. The van der Waals surface area contributed by atoms with Crippen LogP contribution in [0.2, 0.25) is 0 Å². The van der Waals surface area contributed by atoms with Crippen molar-refractivity contribution in [1.29, 1.82) is 0 Å². The standard InChI is InChI=1S/C21H31N3O5/c1-13(2)19(22)20(25)28-14(3)29-21(26)24-12-15(9-10-23(4)5)17-8-7-16(27-6)11-18(17)24/h7-8,11-14,19H,9-10,22H2,1-6H3/t14?,19-/m0/s1. The summed E-state index contributed by atoms with van der Waals surface area (Å²) in [6.45, 7) is 5.96. The molecule has 8 heteroatoms. The Morgan fingerprint density at radius 2 is 1.86 bits per heavy atom. The van der Waals surface area contributed by atoms with Crippen LogP contribution >= 0.6 is 0 Å². The van der Waals surface area contributed by atoms with E-state index in [0.717, 1.165) is 23.9 Å². The molecule has 0 bridgehead atoms. The smallest absolute Gasteiger partial charge is 0.421 e. The summed E-state index contributed by atoms with van der Waals surface area (Å²) in [4.78, 5) is 26.8. The Labute approximate surface area is 171 Å². The molecule has 0 fully saturated rings. The first-order valence-corrected chi connectivity index (χ1v) is 9.63. The Morgan fingerprint density at radius 1 is 1.17 bits per heavy atom. The Kier molecular flexibility index (Phi) is 7.64. The molecule has 0 spiro atoms. The molecule has 2 aromatic rings. The number of hydrogen-bond donors (Lipinski definition) is 1. The van der Waals surface area contributed by atoms with E-state index in [-0.39, 0.29) is 5.92 Å². The Balaban J connectivity index is 2.24. The van der Waals surface area contributed by atoms with E-state index in [9.17, 15) is 9.59 Å². The molecule has 2 rings (SSSR count). The lowest BCUT2D eigenvalue weighted by Gasteiger charge is -2.19. The van der Waals surface area contributed by atoms with Gasteiger partial charge in [0.05, 0.1) is 12.6 Å². The van der Waals surface area contributed by atoms with Gasteiger partial charge >= 0.3 is 12.1 Å². The fraction of sp³-hybridized carbons (Fsp3) is 0.524. The van der Waals surface area contributed by atoms with E-state index in [4.69, 9.17) is 19.9 Å². The average Bonchev–Trinajstić information content (AvgIpc) is 3.03. The fourth-order valence-corrected chi connectivity index (χ4v) is 2.84. The van der Waals surface area contributed by atoms with Crippen molar-refractivity contribution in [3.63, 3.8) is 0 Å². The molecule has 0 saturated heterocycles. The van der Waals surface area contributed by atoms with Crippen molar-refractivity contribution in [3.8, 4) is 5.75 Å². The molecule has 29 heavy (non-hydrogen) atoms. The van der Waals surface area contributed by atoms with Gasteiger partial charge in [-0.15, -0.1) is 0 Å². The first-order valence-electron chi connectivity index (χ1n) is 9.63. The highest BCUT2D eigenvalue weighted by Gasteiger charge is 2.24. The van der Waals surface area contributed by atoms with Gasteiger partial charge < -0.3 is 24.8 Å². The number of benzene rings is 1. The minimum absolute atomic E-state index is 0.0782. The van der Waals surface area contributed by atoms with Crippen LogP contribution in [0.3, 0.4) is 0 Å². The van der Waals surface area contributed by atoms with Crippen LogP contribution in [0.4, 0.5) is 4.79 Å². The number of fused-ring (bicyclic) bond motifs is 1. The number of aromatic nitrogens is 1. The van der Waals surface area contributed by atoms with Crippen molar-refractivity contribution in [1.82, 2.24) is 9.47 Å². The van der Waals surface area contributed by atoms with Crippen LogP contribution in [0.15, 0.2) is 24.4 Å². The molecule has 0 amide bonds. The van der Waals surface area contributed by atoms with Crippen LogP contribution in [0.25, 0.3) is 10.9 Å². The molecular formula is C21H31N3O5. The first kappa shape index (κ1) is 22.7. The topological polar surface area (TPSA) is 96.0 Å². The Morgan fingerprint density at radius 3 is 2.45 bits per heavy atom. The van der Waals surface area contributed by atoms with Gasteiger partial charge in [-0.25, -0.2) is 4.79 Å². The first-order chi connectivity index (χ1) is 13.6. The minimum atomic E-state index is -1.06. The lowest BCUT2D eigenvalue weighted by atomic mass is 10.1. The second-order valence-corrected chi connectivity index (χ2v) is 7.62. The molecule has 160 valence electrons. The quantitative estimate of drug-likeness (QED) is 0.533. The predicted molar refractivity (Wildman–Crippen MR) is 111 cm³/mol. The van der Waals surface area contributed by atoms with Gasteiger partial charge in [-0.3, -0.25) is 9.36 Å². The van der Waals surface area contributed by atoms with Crippen LogP contribution < -0.4 is 10.5 Å². The fourth-order valence-electron chi connectivity index (χ4n) is 2.84. The van der Waals surface area contributed by atoms with Gasteiger partial charge in [0, 0.05) is 31.1 Å². The maximum absolute atomic E-state index is 12.8. The van der Waals surface area contributed by atoms with Crippen molar-refractivity contribution < 1.29 is 23.8 Å². The number of nitrogens with zero attached hydrogens (tertiary/aromatic N) is 2. The number of ether oxygens (including phenoxy) is 3. The third-order valence-corrected chi connectivity index (χ3v) is 4.66. The molecule has 2 N–H and O–H groups in total. The van der Waals surface area contributed by atoms with Crippen LogP contribution in [-0.4, -0.2) is 61.6 Å². The SMILES string of the molecule is COc1ccc2c(CCN(C)C)cn(C(=O)OC(C)OC(=O)[C@@H](N)C(C)C)c2c1. The zero-order valence-corrected chi connectivity index (χ0v) is 18.0. The van der Waals surface area contributed by atoms with Gasteiger partial charge in [0.1, 0.15) is 11.8 Å². The van der Waals surface area contributed by atoms with Crippen molar-refractivity contribution >= 4 is 23.0 Å². The lowest BCUT2D eigenvalue weighted by molar-refractivity contribution is -0.167. The normalized spacial score (nSPS) is 13.6. The average molecular weight is 405 g/mol. The van der Waals surface area contributed by atoms with Crippen LogP contribution in [0.1, 0.15) is 26.3 Å². The molecule has 2 atom stereocenters. The highest BCUT2D eigenvalue weighted by molar-refractivity contribution is 5.93. The van der Waals surface area contributed by atoms with E-state index in [1.165, 1.54) is 11.5 Å². The summed E-state index contributed by atoms with van der Waals surface area (Å²) in [7, 11) is 5.56. The molecule has 0 aliphatic carbocycles. The molecule has 1 aromatic carbocycles. The Bertz CT molecular complexity index is 859. The number of esters is 1. The highest BCUT2D eigenvalue weighted by atomic mass is 16.7. The zero-order chi connectivity index (χ0) is 21.7. The summed E-state index contributed by atoms with van der Waals surface area (Å²) in [6.07, 6.45) is 0.819. The Hall–Kier alpha value is -2.58. The van der Waals surface area contributed by atoms with Gasteiger partial charge in [-0.05, 0) is 44.1 Å². The monoisotopic (exact) mass is 405 g/mol. The van der Waals surface area contributed by atoms with Gasteiger partial charge in [0.25, 0.3) is 0 Å². The minimum Gasteiger partial charge on any atom is -0.497 e. The predicted octanol–water partition coefficient (Wildman–Crippen LogP) is 2.61. The molecule has 0 radical (unpaired) electrons. The highest BCUT2D eigenvalue weighted by Crippen LogP contribution is 2.27. The molecule has 0 aliphatic heterocycles. The summed E-state index contributed by atoms with van der Waals surface area (Å²) in [5.74, 6) is -0.0530. The van der Waals surface area contributed by atoms with E-state index in [0.29, 0.717) is 11.3 Å². The summed E-state index contributed by atoms with van der Waals surface area (Å²) in [5, 5.41) is 0.941. The third-order valence-electron chi connectivity index (χ3n) is 4.66. The molecule has 0 aliphatic rings. The number of methoxy groups -OCH3 is 1. The molecule has 1 heterocycles. The number of nitrogens with two attached hydrogens (primary N) is 1. The number of hydrogen-bond acceptors (Lipinski definition) is 7. The van der Waals surface area contributed by atoms with Crippen LogP contribution in [0, 0.1) is 5.92 Å². The largest absolute Gasteiger partial charge is 0.497 e. The van der Waals surface area contributed by atoms with Crippen molar-refractivity contribution in [3.05, 3.63) is 30.0 Å². The number of carbonyl (C=O) groups is 2. The number of carbonyl (C=O) groups excluding carboxylic acids is 2. The second-order valence-electron chi connectivity index (χ2n) is 7.62. The van der Waals surface area contributed by atoms with Gasteiger partial charge in [0.15, 0.2) is 0 Å². The third kappa shape index (κ3) is 5.71. The number of rotatable bonds is 8. The van der Waals surface area contributed by atoms with Gasteiger partial charge in [0.2, 0.25) is 6.29 Å². The van der Waals surface area contributed by atoms with Crippen LogP contribution in [-0.2, 0) is 20.7 Å². The maximum atomic E-state index is 12.8. The summed E-state index contributed by atoms with van der Waals surface area (Å²) in [6, 6.07) is 4.79. The lowest BCUT2D eigenvalue weighted by Crippen LogP contribution is -2.39. The summed E-state index contributed by atoms with van der Waals surface area (Å²) in [5.41, 5.74) is 7.46. The van der Waals surface area contributed by atoms with Gasteiger partial charge in [-0.1, -0.05) is 13.8 Å². The second kappa shape index (κ2) is 9.76. The van der Waals surface area contributed by atoms with E-state index >= 15 is 0 Å². The molecule has 1 aromatic heterocycles. The van der Waals surface area contributed by atoms with Crippen molar-refractivity contribution in [2.24, 2.45) is 11.7 Å². The van der Waals surface area contributed by atoms with Crippen LogP contribution in [0.5, 0.6) is 5.75 Å². The van der Waals surface area contributed by atoms with Crippen molar-refractivity contribution in [2.45, 2.75) is 39.5 Å². The van der Waals surface area contributed by atoms with Crippen molar-refractivity contribution in [2.75, 3.05) is 27.7 Å². The molecular weight excluding hydrogens is 374 g/mol. The molecule has 0 saturated carbocycles. The summed E-state index contributed by atoms with van der Waals surface area (Å²) < 4.78 is 17.2. The van der Waals surface area contributed by atoms with Gasteiger partial charge in [-0.2, -0.15) is 0 Å². The maximum Gasteiger partial charge on any atom is 0.421 e. The van der Waals surface area contributed by atoms with E-state index in [2.05, 4.69) is 4.90 Å². The molecule has 1 unspecified atom stereocenters.